The summed E-state index contributed by atoms with van der Waals surface area (Å²) < 4.78 is 56.0. The molecule has 3 rings (SSSR count). The molecule has 0 saturated carbocycles. The summed E-state index contributed by atoms with van der Waals surface area (Å²) in [6.45, 7) is 0.152. The van der Waals surface area contributed by atoms with E-state index in [-0.39, 0.29) is 47.2 Å². The number of anilines is 1. The van der Waals surface area contributed by atoms with Gasteiger partial charge in [0.25, 0.3) is 0 Å². The quantitative estimate of drug-likeness (QED) is 0.619. The molecule has 0 bridgehead atoms. The fourth-order valence-electron chi connectivity index (χ4n) is 3.36. The predicted octanol–water partition coefficient (Wildman–Crippen LogP) is 1.98. The zero-order valence-corrected chi connectivity index (χ0v) is 19.3. The normalized spacial score (nSPS) is 16.1. The van der Waals surface area contributed by atoms with Crippen molar-refractivity contribution in [2.75, 3.05) is 31.8 Å². The number of nitrogens with one attached hydrogen (secondary N) is 1. The number of rotatable bonds is 6. The van der Waals surface area contributed by atoms with Crippen LogP contribution in [0, 0.1) is 5.92 Å². The minimum Gasteiger partial charge on any atom is -0.465 e. The van der Waals surface area contributed by atoms with E-state index in [1.807, 2.05) is 0 Å². The van der Waals surface area contributed by atoms with Crippen LogP contribution >= 0.6 is 11.3 Å². The summed E-state index contributed by atoms with van der Waals surface area (Å²) in [5, 5.41) is 4.77. The highest BCUT2D eigenvalue weighted by molar-refractivity contribution is 7.93. The average Bonchev–Trinajstić information content (AvgIpc) is 3.20. The second-order valence-corrected chi connectivity index (χ2v) is 11.8. The van der Waals surface area contributed by atoms with Gasteiger partial charge in [0.1, 0.15) is 9.90 Å². The van der Waals surface area contributed by atoms with Crippen LogP contribution in [0.15, 0.2) is 45.5 Å². The summed E-state index contributed by atoms with van der Waals surface area (Å²) >= 11 is 1.20. The van der Waals surface area contributed by atoms with Crippen LogP contribution in [0.2, 0.25) is 0 Å². The Balaban J connectivity index is 1.71. The Morgan fingerprint density at radius 3 is 2.26 bits per heavy atom. The minimum absolute atomic E-state index is 0.0762. The zero-order chi connectivity index (χ0) is 22.8. The number of sulfonamides is 1. The molecular formula is C19H22N2O7S3. The lowest BCUT2D eigenvalue weighted by molar-refractivity contribution is -0.120. The van der Waals surface area contributed by atoms with E-state index in [1.165, 1.54) is 47.0 Å². The van der Waals surface area contributed by atoms with Gasteiger partial charge < -0.3 is 10.1 Å². The summed E-state index contributed by atoms with van der Waals surface area (Å²) in [6.07, 6.45) is 1.50. The van der Waals surface area contributed by atoms with E-state index in [9.17, 15) is 26.4 Å². The van der Waals surface area contributed by atoms with Gasteiger partial charge in [-0.2, -0.15) is 4.31 Å². The smallest absolute Gasteiger partial charge is 0.340 e. The molecule has 1 aliphatic rings. The number of piperidine rings is 1. The number of esters is 1. The number of thiophene rings is 1. The van der Waals surface area contributed by atoms with Crippen LogP contribution in [0.25, 0.3) is 0 Å². The molecule has 0 aliphatic carbocycles. The molecule has 1 saturated heterocycles. The Bertz CT molecular complexity index is 1190. The Labute approximate surface area is 185 Å². The van der Waals surface area contributed by atoms with E-state index in [0.717, 1.165) is 6.26 Å². The molecule has 1 aliphatic heterocycles. The molecule has 2 heterocycles. The van der Waals surface area contributed by atoms with Crippen LogP contribution in [0.1, 0.15) is 23.2 Å². The number of carbonyl (C=O) groups is 2. The number of hydrogen-bond donors (Lipinski definition) is 1. The second-order valence-electron chi connectivity index (χ2n) is 7.04. The van der Waals surface area contributed by atoms with Crippen LogP contribution < -0.4 is 5.32 Å². The van der Waals surface area contributed by atoms with Crippen molar-refractivity contribution < 1.29 is 31.2 Å². The first-order valence-electron chi connectivity index (χ1n) is 9.31. The van der Waals surface area contributed by atoms with Gasteiger partial charge in [-0.25, -0.2) is 21.6 Å². The lowest BCUT2D eigenvalue weighted by Gasteiger charge is -2.30. The fraction of sp³-hybridized carbons (Fsp3) is 0.368. The topological polar surface area (TPSA) is 127 Å². The van der Waals surface area contributed by atoms with Gasteiger partial charge in [0, 0.05) is 25.3 Å². The van der Waals surface area contributed by atoms with E-state index >= 15 is 0 Å². The third-order valence-corrected chi connectivity index (χ3v) is 9.07. The SMILES string of the molecule is COC(=O)c1ccsc1NC(=O)C1CCN(S(=O)(=O)c2ccccc2S(C)(=O)=O)CC1. The molecule has 0 spiro atoms. The largest absolute Gasteiger partial charge is 0.465 e. The van der Waals surface area contributed by atoms with E-state index in [0.29, 0.717) is 5.00 Å². The first-order chi connectivity index (χ1) is 14.6. The maximum atomic E-state index is 13.1. The first kappa shape index (κ1) is 23.4. The molecule has 0 unspecified atom stereocenters. The number of carbonyl (C=O) groups excluding carboxylic acids is 2. The fourth-order valence-corrected chi connectivity index (χ4v) is 7.21. The molecule has 1 fully saturated rings. The van der Waals surface area contributed by atoms with Gasteiger partial charge in [-0.05, 0) is 36.4 Å². The Hall–Kier alpha value is -2.28. The Morgan fingerprint density at radius 1 is 1.06 bits per heavy atom. The molecule has 1 amide bonds. The third-order valence-electron chi connectivity index (χ3n) is 5.00. The number of hydrogen-bond acceptors (Lipinski definition) is 8. The summed E-state index contributed by atoms with van der Waals surface area (Å²) in [5.74, 6) is -1.30. The van der Waals surface area contributed by atoms with Crippen LogP contribution in [0.4, 0.5) is 5.00 Å². The van der Waals surface area contributed by atoms with Crippen LogP contribution in [0.3, 0.4) is 0 Å². The number of nitrogens with zero attached hydrogens (tertiary/aromatic N) is 1. The van der Waals surface area contributed by atoms with Gasteiger partial charge in [0.05, 0.1) is 17.6 Å². The molecule has 0 atom stereocenters. The Morgan fingerprint density at radius 2 is 1.68 bits per heavy atom. The average molecular weight is 487 g/mol. The van der Waals surface area contributed by atoms with Crippen molar-refractivity contribution in [3.8, 4) is 0 Å². The standard InChI is InChI=1S/C19H22N2O7S3/c1-28-19(23)14-9-12-29-18(14)20-17(22)13-7-10-21(11-8-13)31(26,27)16-6-4-3-5-15(16)30(2,24)25/h3-6,9,12-13H,7-8,10-11H2,1-2H3,(H,20,22). The summed E-state index contributed by atoms with van der Waals surface area (Å²) in [7, 11) is -6.51. The van der Waals surface area contributed by atoms with Gasteiger partial charge in [-0.3, -0.25) is 4.79 Å². The zero-order valence-electron chi connectivity index (χ0n) is 16.9. The van der Waals surface area contributed by atoms with Crippen molar-refractivity contribution >= 4 is 48.1 Å². The van der Waals surface area contributed by atoms with Crippen LogP contribution in [0.5, 0.6) is 0 Å². The molecule has 1 aromatic heterocycles. The second kappa shape index (κ2) is 9.07. The number of benzene rings is 1. The van der Waals surface area contributed by atoms with Crippen molar-refractivity contribution in [2.45, 2.75) is 22.6 Å². The molecule has 1 N–H and O–H groups in total. The maximum absolute atomic E-state index is 13.1. The number of sulfone groups is 1. The summed E-state index contributed by atoms with van der Waals surface area (Å²) in [5.41, 5.74) is 0.262. The van der Waals surface area contributed by atoms with Crippen LogP contribution in [-0.2, 0) is 29.4 Å². The van der Waals surface area contributed by atoms with Gasteiger partial charge in [-0.15, -0.1) is 11.3 Å². The molecule has 168 valence electrons. The van der Waals surface area contributed by atoms with Gasteiger partial charge in [0.2, 0.25) is 15.9 Å². The molecule has 31 heavy (non-hydrogen) atoms. The highest BCUT2D eigenvalue weighted by Crippen LogP contribution is 2.30. The Kier molecular flexibility index (Phi) is 6.84. The molecular weight excluding hydrogens is 464 g/mol. The lowest BCUT2D eigenvalue weighted by Crippen LogP contribution is -2.41. The van der Waals surface area contributed by atoms with Crippen molar-refractivity contribution in [1.82, 2.24) is 4.31 Å². The maximum Gasteiger partial charge on any atom is 0.340 e. The molecule has 1 aromatic carbocycles. The number of methoxy groups -OCH3 is 1. The summed E-state index contributed by atoms with van der Waals surface area (Å²) in [4.78, 5) is 23.9. The first-order valence-corrected chi connectivity index (χ1v) is 13.5. The molecule has 2 aromatic rings. The van der Waals surface area contributed by atoms with Crippen molar-refractivity contribution in [2.24, 2.45) is 5.92 Å². The van der Waals surface area contributed by atoms with E-state index in [2.05, 4.69) is 10.1 Å². The van der Waals surface area contributed by atoms with Crippen LogP contribution in [-0.4, -0.2) is 59.5 Å². The third kappa shape index (κ3) is 4.97. The summed E-state index contributed by atoms with van der Waals surface area (Å²) in [6, 6.07) is 7.04. The number of amides is 1. The van der Waals surface area contributed by atoms with Crippen molar-refractivity contribution in [3.05, 3.63) is 41.3 Å². The molecule has 12 heteroatoms. The predicted molar refractivity (Wildman–Crippen MR) is 115 cm³/mol. The minimum atomic E-state index is -4.03. The highest BCUT2D eigenvalue weighted by atomic mass is 32.2. The monoisotopic (exact) mass is 486 g/mol. The lowest BCUT2D eigenvalue weighted by atomic mass is 9.97. The highest BCUT2D eigenvalue weighted by Gasteiger charge is 2.34. The van der Waals surface area contributed by atoms with E-state index in [1.54, 1.807) is 11.4 Å². The van der Waals surface area contributed by atoms with Crippen molar-refractivity contribution in [3.63, 3.8) is 0 Å². The van der Waals surface area contributed by atoms with Gasteiger partial charge >= 0.3 is 5.97 Å². The van der Waals surface area contributed by atoms with E-state index in [4.69, 9.17) is 0 Å². The van der Waals surface area contributed by atoms with E-state index < -0.39 is 31.7 Å². The number of ether oxygens (including phenoxy) is 1. The van der Waals surface area contributed by atoms with Gasteiger partial charge in [-0.1, -0.05) is 12.1 Å². The van der Waals surface area contributed by atoms with Crippen molar-refractivity contribution in [1.29, 1.82) is 0 Å². The van der Waals surface area contributed by atoms with Gasteiger partial charge in [0.15, 0.2) is 9.84 Å². The molecule has 0 radical (unpaired) electrons. The molecule has 9 nitrogen and oxygen atoms in total.